The molecule has 0 bridgehead atoms. The van der Waals surface area contributed by atoms with Gasteiger partial charge in [0.2, 0.25) is 0 Å². The smallest absolute Gasteiger partial charge is 0.252 e. The van der Waals surface area contributed by atoms with E-state index >= 15 is 0 Å². The van der Waals surface area contributed by atoms with Gasteiger partial charge in [-0.05, 0) is 31.4 Å². The van der Waals surface area contributed by atoms with E-state index in [9.17, 15) is 4.79 Å². The maximum atomic E-state index is 12.3. The van der Waals surface area contributed by atoms with Crippen molar-refractivity contribution in [3.05, 3.63) is 54.2 Å². The summed E-state index contributed by atoms with van der Waals surface area (Å²) in [5.41, 5.74) is 9.22. The number of rotatable bonds is 7. The molecule has 0 aliphatic carbocycles. The molecule has 0 aromatic carbocycles. The Morgan fingerprint density at radius 3 is 2.71 bits per heavy atom. The number of nitriles is 1. The Morgan fingerprint density at radius 2 is 2.06 bits per heavy atom. The number of nitrogens with zero attached hydrogens (tertiary/aromatic N) is 8. The number of amides is 1. The molecule has 0 unspecified atom stereocenters. The van der Waals surface area contributed by atoms with Crippen molar-refractivity contribution < 1.29 is 4.79 Å². The molecule has 5 rings (SSSR count). The summed E-state index contributed by atoms with van der Waals surface area (Å²) < 4.78 is 3.49. The van der Waals surface area contributed by atoms with E-state index in [0.717, 1.165) is 30.9 Å². The molecular formula is C24H26N10O. The Hall–Kier alpha value is -4.46. The molecule has 0 spiro atoms. The van der Waals surface area contributed by atoms with Crippen molar-refractivity contribution in [2.75, 3.05) is 23.3 Å². The van der Waals surface area contributed by atoms with Crippen molar-refractivity contribution in [3.8, 4) is 17.3 Å². The van der Waals surface area contributed by atoms with Crippen LogP contribution in [-0.2, 0) is 6.54 Å². The zero-order chi connectivity index (χ0) is 24.5. The summed E-state index contributed by atoms with van der Waals surface area (Å²) in [6.45, 7) is 6.41. The molecule has 1 saturated heterocycles. The number of aromatic nitrogens is 6. The lowest BCUT2D eigenvalue weighted by atomic mass is 10.0. The Morgan fingerprint density at radius 1 is 1.20 bits per heavy atom. The highest BCUT2D eigenvalue weighted by molar-refractivity contribution is 6.01. The molecule has 2 atom stereocenters. The van der Waals surface area contributed by atoms with Crippen LogP contribution in [0.2, 0.25) is 0 Å². The molecule has 1 aliphatic rings. The van der Waals surface area contributed by atoms with Crippen LogP contribution in [0.15, 0.2) is 43.1 Å². The number of fused-ring (bicyclic) bond motifs is 1. The lowest BCUT2D eigenvalue weighted by Gasteiger charge is -2.21. The molecule has 4 aromatic rings. The second-order valence-corrected chi connectivity index (χ2v) is 8.62. The first-order valence-corrected chi connectivity index (χ1v) is 11.6. The second-order valence-electron chi connectivity index (χ2n) is 8.62. The van der Waals surface area contributed by atoms with Crippen molar-refractivity contribution in [1.29, 1.82) is 5.26 Å². The van der Waals surface area contributed by atoms with Gasteiger partial charge in [0.15, 0.2) is 5.65 Å². The average molecular weight is 471 g/mol. The maximum Gasteiger partial charge on any atom is 0.252 e. The van der Waals surface area contributed by atoms with Gasteiger partial charge in [0.05, 0.1) is 41.1 Å². The largest absolute Gasteiger partial charge is 0.376 e. The molecule has 0 radical (unpaired) electrons. The molecule has 3 N–H and O–H groups in total. The standard InChI is InChI=1S/C24H26N10O/c1-3-16-11-32(21-6-5-15(7-25)8-27-21)13-19(16)30-22-18(23(26)35)10-29-34-14-20(31-24(22)34)17-9-28-33(4-2)12-17/h5-6,8-10,12,14,16,19,30H,3-4,11,13H2,1-2H3,(H2,26,35)/t16-,19+/m0/s1. The second kappa shape index (κ2) is 9.06. The molecule has 35 heavy (non-hydrogen) atoms. The lowest BCUT2D eigenvalue weighted by molar-refractivity contribution is 0.100. The summed E-state index contributed by atoms with van der Waals surface area (Å²) in [5.74, 6) is 0.555. The highest BCUT2D eigenvalue weighted by Crippen LogP contribution is 2.31. The van der Waals surface area contributed by atoms with Crippen LogP contribution >= 0.6 is 0 Å². The van der Waals surface area contributed by atoms with Crippen LogP contribution in [0.1, 0.15) is 36.2 Å². The minimum Gasteiger partial charge on any atom is -0.376 e. The number of hydrogen-bond acceptors (Lipinski definition) is 8. The van der Waals surface area contributed by atoms with E-state index in [4.69, 9.17) is 16.0 Å². The summed E-state index contributed by atoms with van der Waals surface area (Å²) in [6.07, 6.45) is 9.51. The van der Waals surface area contributed by atoms with Crippen LogP contribution < -0.4 is 16.0 Å². The Balaban J connectivity index is 1.49. The zero-order valence-corrected chi connectivity index (χ0v) is 19.6. The first-order valence-electron chi connectivity index (χ1n) is 11.6. The van der Waals surface area contributed by atoms with Crippen molar-refractivity contribution in [2.45, 2.75) is 32.9 Å². The fraction of sp³-hybridized carbons (Fsp3) is 0.333. The zero-order valence-electron chi connectivity index (χ0n) is 19.6. The van der Waals surface area contributed by atoms with Crippen LogP contribution in [0.5, 0.6) is 0 Å². The molecule has 1 fully saturated rings. The fourth-order valence-corrected chi connectivity index (χ4v) is 4.53. The Kier molecular flexibility index (Phi) is 5.78. The van der Waals surface area contributed by atoms with Crippen LogP contribution in [0.25, 0.3) is 16.9 Å². The summed E-state index contributed by atoms with van der Waals surface area (Å²) >= 11 is 0. The van der Waals surface area contributed by atoms with Crippen molar-refractivity contribution in [1.82, 2.24) is 29.4 Å². The predicted molar refractivity (Wildman–Crippen MR) is 131 cm³/mol. The molecule has 11 nitrogen and oxygen atoms in total. The van der Waals surface area contributed by atoms with Gasteiger partial charge in [0.1, 0.15) is 11.9 Å². The third-order valence-electron chi connectivity index (χ3n) is 6.51. The number of primary amides is 1. The fourth-order valence-electron chi connectivity index (χ4n) is 4.53. The number of aryl methyl sites for hydroxylation is 1. The molecule has 5 heterocycles. The average Bonchev–Trinajstić information content (AvgIpc) is 3.61. The quantitative estimate of drug-likeness (QED) is 0.419. The normalized spacial score (nSPS) is 17.6. The molecule has 0 saturated carbocycles. The summed E-state index contributed by atoms with van der Waals surface area (Å²) in [4.78, 5) is 23.7. The van der Waals surface area contributed by atoms with Gasteiger partial charge in [0.25, 0.3) is 5.91 Å². The highest BCUT2D eigenvalue weighted by Gasteiger charge is 2.33. The van der Waals surface area contributed by atoms with E-state index in [1.807, 2.05) is 30.1 Å². The number of carbonyl (C=O) groups is 1. The van der Waals surface area contributed by atoms with Crippen LogP contribution in [0.4, 0.5) is 11.5 Å². The van der Waals surface area contributed by atoms with E-state index in [1.54, 1.807) is 23.0 Å². The number of imidazole rings is 1. The van der Waals surface area contributed by atoms with E-state index in [-0.39, 0.29) is 6.04 Å². The third kappa shape index (κ3) is 4.14. The van der Waals surface area contributed by atoms with Crippen molar-refractivity contribution in [2.24, 2.45) is 11.7 Å². The van der Waals surface area contributed by atoms with Crippen molar-refractivity contribution in [3.63, 3.8) is 0 Å². The van der Waals surface area contributed by atoms with Crippen LogP contribution in [-0.4, -0.2) is 54.4 Å². The number of nitrogens with two attached hydrogens (primary N) is 1. The van der Waals surface area contributed by atoms with E-state index in [1.165, 1.54) is 6.20 Å². The van der Waals surface area contributed by atoms with Gasteiger partial charge >= 0.3 is 0 Å². The van der Waals surface area contributed by atoms with E-state index in [0.29, 0.717) is 40.6 Å². The number of pyridine rings is 1. The van der Waals surface area contributed by atoms with E-state index < -0.39 is 5.91 Å². The SMILES string of the molecule is CC[C@H]1CN(c2ccc(C#N)cn2)C[C@H]1Nc1c(C(N)=O)cnn2cc(-c3cnn(CC)c3)nc12. The van der Waals surface area contributed by atoms with Gasteiger partial charge in [-0.1, -0.05) is 6.92 Å². The van der Waals surface area contributed by atoms with Gasteiger partial charge in [-0.3, -0.25) is 9.48 Å². The number of hydrogen-bond donors (Lipinski definition) is 2. The number of carbonyl (C=O) groups excluding carboxylic acids is 1. The van der Waals surface area contributed by atoms with Gasteiger partial charge in [-0.15, -0.1) is 0 Å². The van der Waals surface area contributed by atoms with Crippen LogP contribution in [0, 0.1) is 17.2 Å². The molecule has 1 amide bonds. The molecule has 1 aliphatic heterocycles. The Labute approximate surface area is 202 Å². The molecular weight excluding hydrogens is 444 g/mol. The monoisotopic (exact) mass is 470 g/mol. The predicted octanol–water partition coefficient (Wildman–Crippen LogP) is 2.31. The minimum atomic E-state index is -0.567. The lowest BCUT2D eigenvalue weighted by Crippen LogP contribution is -2.30. The maximum absolute atomic E-state index is 12.3. The first-order chi connectivity index (χ1) is 17.0. The van der Waals surface area contributed by atoms with E-state index in [2.05, 4.69) is 38.4 Å². The highest BCUT2D eigenvalue weighted by atomic mass is 16.1. The van der Waals surface area contributed by atoms with Gasteiger partial charge in [0, 0.05) is 43.6 Å². The molecule has 178 valence electrons. The minimum absolute atomic E-state index is 0.0322. The summed E-state index contributed by atoms with van der Waals surface area (Å²) in [5, 5.41) is 21.3. The van der Waals surface area contributed by atoms with Crippen molar-refractivity contribution >= 4 is 23.1 Å². The summed E-state index contributed by atoms with van der Waals surface area (Å²) in [6, 6.07) is 5.77. The van der Waals surface area contributed by atoms with Gasteiger partial charge in [-0.25, -0.2) is 14.5 Å². The number of nitrogens with one attached hydrogen (secondary N) is 1. The van der Waals surface area contributed by atoms with Gasteiger partial charge < -0.3 is 16.0 Å². The molecule has 4 aromatic heterocycles. The van der Waals surface area contributed by atoms with Gasteiger partial charge in [-0.2, -0.15) is 15.5 Å². The van der Waals surface area contributed by atoms with Crippen LogP contribution in [0.3, 0.4) is 0 Å². The summed E-state index contributed by atoms with van der Waals surface area (Å²) in [7, 11) is 0. The third-order valence-corrected chi connectivity index (χ3v) is 6.51. The first kappa shape index (κ1) is 22.3. The molecule has 11 heteroatoms. The number of anilines is 2. The topological polar surface area (TPSA) is 143 Å². The Bertz CT molecular complexity index is 1410.